The van der Waals surface area contributed by atoms with Gasteiger partial charge in [-0.2, -0.15) is 0 Å². The summed E-state index contributed by atoms with van der Waals surface area (Å²) in [5.74, 6) is 0. The molecule has 0 aliphatic carbocycles. The number of rotatable bonds is 5. The van der Waals surface area contributed by atoms with Gasteiger partial charge in [0.2, 0.25) is 0 Å². The summed E-state index contributed by atoms with van der Waals surface area (Å²) in [5.41, 5.74) is 0. The van der Waals surface area contributed by atoms with Crippen molar-refractivity contribution in [2.24, 2.45) is 0 Å². The van der Waals surface area contributed by atoms with E-state index in [1.807, 2.05) is 0 Å². The van der Waals surface area contributed by atoms with Gasteiger partial charge < -0.3 is 14.6 Å². The van der Waals surface area contributed by atoms with Crippen LogP contribution in [0.15, 0.2) is 0 Å². The molecule has 0 amide bonds. The van der Waals surface area contributed by atoms with Crippen LogP contribution in [0.3, 0.4) is 0 Å². The summed E-state index contributed by atoms with van der Waals surface area (Å²) in [6, 6.07) is 0. The van der Waals surface area contributed by atoms with Crippen molar-refractivity contribution in [3.05, 3.63) is 6.61 Å². The van der Waals surface area contributed by atoms with Crippen molar-refractivity contribution in [2.45, 2.75) is 0 Å². The first kappa shape index (κ1) is 7.88. The number of hydrogen-bond acceptors (Lipinski definition) is 3. The van der Waals surface area contributed by atoms with E-state index in [4.69, 9.17) is 9.84 Å². The zero-order valence-electron chi connectivity index (χ0n) is 4.96. The molecule has 0 saturated heterocycles. The van der Waals surface area contributed by atoms with Gasteiger partial charge in [-0.25, -0.2) is 0 Å². The van der Waals surface area contributed by atoms with Gasteiger partial charge in [0, 0.05) is 7.11 Å². The molecule has 0 aromatic carbocycles. The van der Waals surface area contributed by atoms with E-state index in [-0.39, 0.29) is 6.61 Å². The molecule has 0 heterocycles. The third-order valence-corrected chi connectivity index (χ3v) is 0.598. The second-order valence-electron chi connectivity index (χ2n) is 1.21. The molecule has 0 unspecified atom stereocenters. The fourth-order valence-electron chi connectivity index (χ4n) is 0.267. The average molecular weight is 119 g/mol. The second kappa shape index (κ2) is 6.88. The van der Waals surface area contributed by atoms with Crippen LogP contribution in [0.2, 0.25) is 0 Å². The monoisotopic (exact) mass is 119 g/mol. The quantitative estimate of drug-likeness (QED) is 0.509. The Kier molecular flexibility index (Phi) is 6.78. The van der Waals surface area contributed by atoms with Crippen LogP contribution in [0.1, 0.15) is 0 Å². The second-order valence-corrected chi connectivity index (χ2v) is 1.21. The van der Waals surface area contributed by atoms with E-state index in [1.165, 1.54) is 6.61 Å². The summed E-state index contributed by atoms with van der Waals surface area (Å²) >= 11 is 0. The minimum absolute atomic E-state index is 0.0380. The minimum Gasteiger partial charge on any atom is -0.394 e. The standard InChI is InChI=1S/C5H11O3/c1-7-4-5-8-3-2-6/h3,6H,2,4-5H2,1H3. The van der Waals surface area contributed by atoms with Crippen molar-refractivity contribution < 1.29 is 14.6 Å². The molecule has 49 valence electrons. The molecule has 0 aromatic rings. The van der Waals surface area contributed by atoms with Crippen LogP contribution in [0.4, 0.5) is 0 Å². The predicted molar refractivity (Wildman–Crippen MR) is 29.2 cm³/mol. The molecule has 8 heavy (non-hydrogen) atoms. The number of aliphatic hydroxyl groups excluding tert-OH is 1. The lowest BCUT2D eigenvalue weighted by Gasteiger charge is -1.97. The molecular weight excluding hydrogens is 108 g/mol. The number of aliphatic hydroxyl groups is 1. The van der Waals surface area contributed by atoms with E-state index in [1.54, 1.807) is 7.11 Å². The van der Waals surface area contributed by atoms with Gasteiger partial charge in [0.25, 0.3) is 0 Å². The lowest BCUT2D eigenvalue weighted by molar-refractivity contribution is 0.0875. The van der Waals surface area contributed by atoms with Gasteiger partial charge in [-0.1, -0.05) is 0 Å². The molecule has 0 bridgehead atoms. The molecule has 0 aliphatic heterocycles. The Hall–Kier alpha value is -0.120. The number of ether oxygens (including phenoxy) is 2. The molecule has 3 nitrogen and oxygen atoms in total. The molecular formula is C5H11O3. The van der Waals surface area contributed by atoms with Crippen molar-refractivity contribution in [3.8, 4) is 0 Å². The van der Waals surface area contributed by atoms with Gasteiger partial charge in [0.1, 0.15) is 6.61 Å². The molecule has 0 saturated carbocycles. The molecule has 0 spiro atoms. The van der Waals surface area contributed by atoms with Crippen LogP contribution < -0.4 is 0 Å². The first-order valence-electron chi connectivity index (χ1n) is 2.45. The Bertz CT molecular complexity index is 32.7. The lowest BCUT2D eigenvalue weighted by Crippen LogP contribution is -2.00. The van der Waals surface area contributed by atoms with Gasteiger partial charge in [-0.05, 0) is 0 Å². The zero-order chi connectivity index (χ0) is 6.24. The Morgan fingerprint density at radius 3 is 2.75 bits per heavy atom. The number of methoxy groups -OCH3 is 1. The third-order valence-electron chi connectivity index (χ3n) is 0.598. The maximum atomic E-state index is 8.14. The van der Waals surface area contributed by atoms with Crippen molar-refractivity contribution >= 4 is 0 Å². The molecule has 0 fully saturated rings. The number of hydrogen-bond donors (Lipinski definition) is 1. The first-order chi connectivity index (χ1) is 3.91. The van der Waals surface area contributed by atoms with E-state index in [9.17, 15) is 0 Å². The SMILES string of the molecule is COCCO[CH]CO. The highest BCUT2D eigenvalue weighted by Gasteiger charge is 1.83. The third kappa shape index (κ3) is 5.88. The van der Waals surface area contributed by atoms with Crippen LogP contribution in [0.5, 0.6) is 0 Å². The maximum absolute atomic E-state index is 8.14. The zero-order valence-corrected chi connectivity index (χ0v) is 4.96. The largest absolute Gasteiger partial charge is 0.394 e. The fraction of sp³-hybridized carbons (Fsp3) is 0.800. The van der Waals surface area contributed by atoms with Gasteiger partial charge >= 0.3 is 0 Å². The lowest BCUT2D eigenvalue weighted by atomic mass is 10.7. The summed E-state index contributed by atoms with van der Waals surface area (Å²) < 4.78 is 9.38. The first-order valence-corrected chi connectivity index (χ1v) is 2.45. The van der Waals surface area contributed by atoms with Crippen LogP contribution in [-0.4, -0.2) is 32.0 Å². The summed E-state index contributed by atoms with van der Waals surface area (Å²) in [7, 11) is 1.60. The van der Waals surface area contributed by atoms with E-state index in [0.29, 0.717) is 13.2 Å². The summed E-state index contributed by atoms with van der Waals surface area (Å²) in [6.45, 7) is 2.37. The van der Waals surface area contributed by atoms with Crippen molar-refractivity contribution in [1.29, 1.82) is 0 Å². The van der Waals surface area contributed by atoms with Crippen LogP contribution in [0.25, 0.3) is 0 Å². The highest BCUT2D eigenvalue weighted by Crippen LogP contribution is 1.78. The van der Waals surface area contributed by atoms with Crippen LogP contribution in [0, 0.1) is 6.61 Å². The highest BCUT2D eigenvalue weighted by atomic mass is 16.5. The van der Waals surface area contributed by atoms with Crippen LogP contribution >= 0.6 is 0 Å². The van der Waals surface area contributed by atoms with Gasteiger partial charge in [-0.15, -0.1) is 0 Å². The van der Waals surface area contributed by atoms with E-state index in [2.05, 4.69) is 4.74 Å². The van der Waals surface area contributed by atoms with Crippen molar-refractivity contribution in [2.75, 3.05) is 26.9 Å². The average Bonchev–Trinajstić information content (AvgIpc) is 1.81. The van der Waals surface area contributed by atoms with Gasteiger partial charge in [-0.3, -0.25) is 0 Å². The molecule has 3 heteroatoms. The molecule has 0 rings (SSSR count). The summed E-state index contributed by atoms with van der Waals surface area (Å²) in [5, 5.41) is 8.14. The van der Waals surface area contributed by atoms with Gasteiger partial charge in [0.05, 0.1) is 19.8 Å². The maximum Gasteiger partial charge on any atom is 0.109 e. The Morgan fingerprint density at radius 1 is 1.50 bits per heavy atom. The van der Waals surface area contributed by atoms with Crippen molar-refractivity contribution in [1.82, 2.24) is 0 Å². The highest BCUT2D eigenvalue weighted by molar-refractivity contribution is 4.42. The van der Waals surface area contributed by atoms with Crippen molar-refractivity contribution in [3.63, 3.8) is 0 Å². The summed E-state index contributed by atoms with van der Waals surface area (Å²) in [4.78, 5) is 0. The van der Waals surface area contributed by atoms with E-state index >= 15 is 0 Å². The Morgan fingerprint density at radius 2 is 2.25 bits per heavy atom. The molecule has 0 atom stereocenters. The van der Waals surface area contributed by atoms with E-state index < -0.39 is 0 Å². The molecule has 0 aliphatic rings. The Balaban J connectivity index is 2.53. The van der Waals surface area contributed by atoms with E-state index in [0.717, 1.165) is 0 Å². The predicted octanol–water partition coefficient (Wildman–Crippen LogP) is -0.197. The molecule has 1 N–H and O–H groups in total. The molecule has 1 radical (unpaired) electrons. The topological polar surface area (TPSA) is 38.7 Å². The summed E-state index contributed by atoms with van der Waals surface area (Å²) in [6.07, 6.45) is 0. The smallest absolute Gasteiger partial charge is 0.109 e. The Labute approximate surface area is 49.2 Å². The normalized spacial score (nSPS) is 9.75. The molecule has 0 aromatic heterocycles. The minimum atomic E-state index is -0.0380. The van der Waals surface area contributed by atoms with Crippen LogP contribution in [-0.2, 0) is 9.47 Å². The van der Waals surface area contributed by atoms with Gasteiger partial charge in [0.15, 0.2) is 0 Å². The fourth-order valence-corrected chi connectivity index (χ4v) is 0.267.